The molecule has 1 unspecified atom stereocenters. The second-order valence-corrected chi connectivity index (χ2v) is 6.16. The van der Waals surface area contributed by atoms with Gasteiger partial charge in [-0.3, -0.25) is 0 Å². The van der Waals surface area contributed by atoms with Gasteiger partial charge in [0, 0.05) is 33.7 Å². The summed E-state index contributed by atoms with van der Waals surface area (Å²) in [6, 6.07) is 11.7. The zero-order chi connectivity index (χ0) is 12.0. The van der Waals surface area contributed by atoms with Crippen molar-refractivity contribution in [3.63, 3.8) is 0 Å². The molecule has 0 N–H and O–H groups in total. The molecule has 0 aromatic heterocycles. The van der Waals surface area contributed by atoms with E-state index in [1.165, 1.54) is 0 Å². The first-order valence-electron chi connectivity index (χ1n) is 5.45. The molecule has 0 saturated heterocycles. The second-order valence-electron chi connectivity index (χ2n) is 4.31. The van der Waals surface area contributed by atoms with E-state index in [0.29, 0.717) is 5.02 Å². The van der Waals surface area contributed by atoms with Gasteiger partial charge in [-0.05, 0) is 36.8 Å². The van der Waals surface area contributed by atoms with Crippen molar-refractivity contribution in [3.05, 3.63) is 58.1 Å². The smallest absolute Gasteiger partial charge is 0.162 e. The molecule has 2 aromatic rings. The predicted molar refractivity (Wildman–Crippen MR) is 70.1 cm³/mol. The highest BCUT2D eigenvalue weighted by Gasteiger charge is 2.28. The maximum Gasteiger partial charge on any atom is 0.162 e. The van der Waals surface area contributed by atoms with Gasteiger partial charge in [-0.15, -0.1) is 0 Å². The molecule has 0 fully saturated rings. The van der Waals surface area contributed by atoms with E-state index in [1.54, 1.807) is 6.07 Å². The van der Waals surface area contributed by atoms with Crippen LogP contribution in [0.25, 0.3) is 0 Å². The monoisotopic (exact) mass is 262 g/mol. The lowest BCUT2D eigenvalue weighted by atomic mass is 10.0. The van der Waals surface area contributed by atoms with Gasteiger partial charge in [0.2, 0.25) is 0 Å². The summed E-state index contributed by atoms with van der Waals surface area (Å²) in [4.78, 5) is 1.84. The van der Waals surface area contributed by atoms with Gasteiger partial charge < -0.3 is 4.55 Å². The Morgan fingerprint density at radius 2 is 1.88 bits per heavy atom. The van der Waals surface area contributed by atoms with Gasteiger partial charge in [0.1, 0.15) is 0 Å². The van der Waals surface area contributed by atoms with Gasteiger partial charge in [0.15, 0.2) is 9.79 Å². The van der Waals surface area contributed by atoms with Crippen LogP contribution in [-0.2, 0) is 17.6 Å². The van der Waals surface area contributed by atoms with Crippen LogP contribution >= 0.6 is 11.6 Å². The highest BCUT2D eigenvalue weighted by Crippen LogP contribution is 2.35. The summed E-state index contributed by atoms with van der Waals surface area (Å²) >= 11 is 4.91. The molecule has 0 radical (unpaired) electrons. The van der Waals surface area contributed by atoms with E-state index < -0.39 is 11.2 Å². The molecule has 0 saturated carbocycles. The van der Waals surface area contributed by atoms with Gasteiger partial charge in [-0.1, -0.05) is 23.7 Å². The summed E-state index contributed by atoms with van der Waals surface area (Å²) in [5.41, 5.74) is 3.37. The second kappa shape index (κ2) is 4.05. The number of fused-ring (bicyclic) bond motifs is 2. The minimum atomic E-state index is -1.07. The average Bonchev–Trinajstić information content (AvgIpc) is 2.30. The zero-order valence-electron chi connectivity index (χ0n) is 9.37. The van der Waals surface area contributed by atoms with Crippen LogP contribution in [0.4, 0.5) is 0 Å². The summed E-state index contributed by atoms with van der Waals surface area (Å²) in [6.07, 6.45) is 0.817. The molecule has 1 heterocycles. The van der Waals surface area contributed by atoms with Crippen LogP contribution in [0.15, 0.2) is 46.2 Å². The normalized spacial score (nSPS) is 17.5. The Bertz CT molecular complexity index is 595. The number of aryl methyl sites for hydroxylation is 1. The molecule has 86 valence electrons. The van der Waals surface area contributed by atoms with Crippen LogP contribution in [0.3, 0.4) is 0 Å². The van der Waals surface area contributed by atoms with Gasteiger partial charge >= 0.3 is 0 Å². The average molecular weight is 263 g/mol. The Morgan fingerprint density at radius 1 is 1.06 bits per heavy atom. The topological polar surface area (TPSA) is 23.1 Å². The molecule has 1 aliphatic rings. The molecular weight excluding hydrogens is 252 g/mol. The summed E-state index contributed by atoms with van der Waals surface area (Å²) in [6.45, 7) is 2.02. The first kappa shape index (κ1) is 11.1. The standard InChI is InChI=1S/C14H11ClOS/c1-9-2-3-10-7-11-8-12(15)4-5-13(11)17(16)14(10)6-9/h2-6,8H,7H2,1H3. The van der Waals surface area contributed by atoms with Crippen LogP contribution in [0.5, 0.6) is 0 Å². The molecule has 17 heavy (non-hydrogen) atoms. The van der Waals surface area contributed by atoms with Crippen LogP contribution < -0.4 is 0 Å². The minimum absolute atomic E-state index is 0.705. The molecule has 2 aromatic carbocycles. The van der Waals surface area contributed by atoms with E-state index in [1.807, 2.05) is 25.1 Å². The van der Waals surface area contributed by atoms with Gasteiger partial charge in [0.05, 0.1) is 0 Å². The van der Waals surface area contributed by atoms with Crippen LogP contribution in [0.1, 0.15) is 16.7 Å². The van der Waals surface area contributed by atoms with E-state index in [-0.39, 0.29) is 0 Å². The summed E-state index contributed by atoms with van der Waals surface area (Å²) in [5.74, 6) is 0. The molecular formula is C14H11ClOS. The zero-order valence-corrected chi connectivity index (χ0v) is 10.9. The molecule has 1 aliphatic heterocycles. The SMILES string of the molecule is Cc1ccc2c(c1)[S+]([O-])c1ccc(Cl)cc1C2. The fourth-order valence-electron chi connectivity index (χ4n) is 2.17. The molecule has 0 amide bonds. The van der Waals surface area contributed by atoms with Crippen molar-refractivity contribution in [1.82, 2.24) is 0 Å². The Hall–Kier alpha value is -0.960. The van der Waals surface area contributed by atoms with Gasteiger partial charge in [-0.2, -0.15) is 0 Å². The van der Waals surface area contributed by atoms with Crippen LogP contribution in [0, 0.1) is 6.92 Å². The van der Waals surface area contributed by atoms with Crippen LogP contribution in [0.2, 0.25) is 5.02 Å². The largest absolute Gasteiger partial charge is 0.606 e. The van der Waals surface area contributed by atoms with Crippen molar-refractivity contribution in [2.24, 2.45) is 0 Å². The van der Waals surface area contributed by atoms with E-state index in [0.717, 1.165) is 32.9 Å². The Kier molecular flexibility index (Phi) is 2.66. The third-order valence-corrected chi connectivity index (χ3v) is 4.84. The first-order chi connectivity index (χ1) is 8.15. The Morgan fingerprint density at radius 3 is 2.71 bits per heavy atom. The van der Waals surface area contributed by atoms with Crippen molar-refractivity contribution < 1.29 is 4.55 Å². The summed E-state index contributed by atoms with van der Waals surface area (Å²) < 4.78 is 12.4. The lowest BCUT2D eigenvalue weighted by molar-refractivity contribution is 0.590. The predicted octanol–water partition coefficient (Wildman–Crippen LogP) is 3.72. The van der Waals surface area contributed by atoms with Crippen molar-refractivity contribution >= 4 is 22.8 Å². The molecule has 1 nitrogen and oxygen atoms in total. The highest BCUT2D eigenvalue weighted by atomic mass is 35.5. The molecule has 0 aliphatic carbocycles. The Balaban J connectivity index is 2.17. The van der Waals surface area contributed by atoms with E-state index in [2.05, 4.69) is 12.1 Å². The highest BCUT2D eigenvalue weighted by molar-refractivity contribution is 7.91. The number of rotatable bonds is 0. The molecule has 0 spiro atoms. The maximum atomic E-state index is 12.4. The van der Waals surface area contributed by atoms with E-state index >= 15 is 0 Å². The fourth-order valence-corrected chi connectivity index (χ4v) is 3.83. The molecule has 1 atom stereocenters. The summed E-state index contributed by atoms with van der Waals surface area (Å²) in [7, 11) is 0. The first-order valence-corrected chi connectivity index (χ1v) is 6.97. The lowest BCUT2D eigenvalue weighted by Crippen LogP contribution is -2.14. The van der Waals surface area contributed by atoms with E-state index in [9.17, 15) is 4.55 Å². The number of hydrogen-bond acceptors (Lipinski definition) is 1. The van der Waals surface area contributed by atoms with Crippen molar-refractivity contribution in [2.75, 3.05) is 0 Å². The quantitative estimate of drug-likeness (QED) is 0.664. The summed E-state index contributed by atoms with van der Waals surface area (Å²) in [5, 5.41) is 0.705. The van der Waals surface area contributed by atoms with Gasteiger partial charge in [0.25, 0.3) is 0 Å². The van der Waals surface area contributed by atoms with Crippen LogP contribution in [-0.4, -0.2) is 4.55 Å². The van der Waals surface area contributed by atoms with Crippen molar-refractivity contribution in [1.29, 1.82) is 0 Å². The third kappa shape index (κ3) is 1.86. The van der Waals surface area contributed by atoms with E-state index in [4.69, 9.17) is 11.6 Å². The van der Waals surface area contributed by atoms with Crippen molar-refractivity contribution in [3.8, 4) is 0 Å². The Labute approximate surface area is 109 Å². The molecule has 3 rings (SSSR count). The number of benzene rings is 2. The minimum Gasteiger partial charge on any atom is -0.606 e. The molecule has 3 heteroatoms. The maximum absolute atomic E-state index is 12.4. The fraction of sp³-hybridized carbons (Fsp3) is 0.143. The van der Waals surface area contributed by atoms with Gasteiger partial charge in [-0.25, -0.2) is 0 Å². The number of halogens is 1. The van der Waals surface area contributed by atoms with Crippen molar-refractivity contribution in [2.45, 2.75) is 23.1 Å². The third-order valence-electron chi connectivity index (χ3n) is 3.03. The number of hydrogen-bond donors (Lipinski definition) is 0. The molecule has 0 bridgehead atoms. The lowest BCUT2D eigenvalue weighted by Gasteiger charge is -2.22.